The van der Waals surface area contributed by atoms with Crippen LogP contribution in [0.4, 0.5) is 0 Å². The van der Waals surface area contributed by atoms with Gasteiger partial charge >= 0.3 is 18.9 Å². The molecular weight excluding hydrogens is 251 g/mol. The summed E-state index contributed by atoms with van der Waals surface area (Å²) in [6.07, 6.45) is 3.62. The third-order valence-electron chi connectivity index (χ3n) is 3.02. The Bertz CT molecular complexity index is 634. The van der Waals surface area contributed by atoms with E-state index in [9.17, 15) is 0 Å². The van der Waals surface area contributed by atoms with Gasteiger partial charge in [-0.3, -0.25) is 9.97 Å². The average molecular weight is 266 g/mol. The van der Waals surface area contributed by atoms with E-state index in [4.69, 9.17) is 0 Å². The minimum absolute atomic E-state index is 0. The molecule has 0 aliphatic rings. The molecule has 0 fully saturated rings. The second-order valence-electron chi connectivity index (χ2n) is 4.39. The Morgan fingerprint density at radius 3 is 1.33 bits per heavy atom. The summed E-state index contributed by atoms with van der Waals surface area (Å²) in [5, 5.41) is 2.40. The van der Waals surface area contributed by atoms with Gasteiger partial charge in [0.2, 0.25) is 0 Å². The van der Waals surface area contributed by atoms with Crippen LogP contribution in [-0.2, 0) is 0 Å². The van der Waals surface area contributed by atoms with Crippen LogP contribution in [0.2, 0.25) is 0 Å². The van der Waals surface area contributed by atoms with Crippen LogP contribution in [-0.4, -0.2) is 9.97 Å². The Hall–Kier alpha value is -2.14. The minimum atomic E-state index is 0. The van der Waals surface area contributed by atoms with Crippen molar-refractivity contribution in [2.45, 2.75) is 0 Å². The molecule has 0 bridgehead atoms. The van der Waals surface area contributed by atoms with Gasteiger partial charge in [0, 0.05) is 23.2 Å². The van der Waals surface area contributed by atoms with Crippen LogP contribution in [0, 0.1) is 0 Å². The van der Waals surface area contributed by atoms with Crippen molar-refractivity contribution in [1.29, 1.82) is 0 Å². The third kappa shape index (κ3) is 3.92. The SMILES string of the molecule is [H-].[Li+].c1ccc2ncccc2c1.c1ccc2ncccc2c1. The summed E-state index contributed by atoms with van der Waals surface area (Å²) in [5.41, 5.74) is 2.12. The number of hydrogen-bond donors (Lipinski definition) is 0. The molecule has 2 aromatic carbocycles. The first-order valence-electron chi connectivity index (χ1n) is 6.53. The Morgan fingerprint density at radius 2 is 0.905 bits per heavy atom. The molecule has 2 heterocycles. The van der Waals surface area contributed by atoms with E-state index in [1.807, 2.05) is 60.9 Å². The Kier molecular flexibility index (Phi) is 5.51. The van der Waals surface area contributed by atoms with Gasteiger partial charge in [0.15, 0.2) is 0 Å². The van der Waals surface area contributed by atoms with Crippen LogP contribution in [0.3, 0.4) is 0 Å². The van der Waals surface area contributed by atoms with E-state index >= 15 is 0 Å². The van der Waals surface area contributed by atoms with Gasteiger partial charge < -0.3 is 1.43 Å². The number of rotatable bonds is 0. The quantitative estimate of drug-likeness (QED) is 0.452. The maximum absolute atomic E-state index is 4.18. The molecule has 3 heteroatoms. The van der Waals surface area contributed by atoms with Crippen LogP contribution >= 0.6 is 0 Å². The summed E-state index contributed by atoms with van der Waals surface area (Å²) in [5.74, 6) is 0. The van der Waals surface area contributed by atoms with Gasteiger partial charge in [0.05, 0.1) is 11.0 Å². The van der Waals surface area contributed by atoms with Gasteiger partial charge in [0.25, 0.3) is 0 Å². The van der Waals surface area contributed by atoms with Crippen molar-refractivity contribution in [3.8, 4) is 0 Å². The first kappa shape index (κ1) is 15.3. The van der Waals surface area contributed by atoms with Gasteiger partial charge in [-0.25, -0.2) is 0 Å². The predicted molar refractivity (Wildman–Crippen MR) is 84.6 cm³/mol. The summed E-state index contributed by atoms with van der Waals surface area (Å²) in [4.78, 5) is 8.36. The molecule has 0 unspecified atom stereocenters. The zero-order valence-corrected chi connectivity index (χ0v) is 12.0. The van der Waals surface area contributed by atoms with Crippen LogP contribution in [0.1, 0.15) is 1.43 Å². The van der Waals surface area contributed by atoms with Crippen LogP contribution in [0.5, 0.6) is 0 Å². The maximum Gasteiger partial charge on any atom is 1.00 e. The Labute approximate surface area is 137 Å². The van der Waals surface area contributed by atoms with E-state index in [0.717, 1.165) is 11.0 Å². The fourth-order valence-electron chi connectivity index (χ4n) is 2.03. The summed E-state index contributed by atoms with van der Waals surface area (Å²) >= 11 is 0. The summed E-state index contributed by atoms with van der Waals surface area (Å²) in [6.45, 7) is 0. The predicted octanol–water partition coefficient (Wildman–Crippen LogP) is 1.59. The van der Waals surface area contributed by atoms with Gasteiger partial charge in [-0.2, -0.15) is 0 Å². The second-order valence-corrected chi connectivity index (χ2v) is 4.39. The molecule has 0 aliphatic heterocycles. The smallest absolute Gasteiger partial charge is 1.00 e. The van der Waals surface area contributed by atoms with Gasteiger partial charge in [-0.05, 0) is 24.3 Å². The molecule has 0 saturated heterocycles. The molecule has 0 atom stereocenters. The van der Waals surface area contributed by atoms with E-state index in [2.05, 4.69) is 34.2 Å². The van der Waals surface area contributed by atoms with Crippen molar-refractivity contribution in [2.24, 2.45) is 0 Å². The van der Waals surface area contributed by atoms with Crippen molar-refractivity contribution in [3.63, 3.8) is 0 Å². The molecule has 4 aromatic rings. The largest absolute Gasteiger partial charge is 1.00 e. The van der Waals surface area contributed by atoms with E-state index in [1.165, 1.54) is 10.8 Å². The number of fused-ring (bicyclic) bond motifs is 2. The van der Waals surface area contributed by atoms with Gasteiger partial charge in [-0.15, -0.1) is 0 Å². The molecule has 0 spiro atoms. The molecule has 2 aromatic heterocycles. The monoisotopic (exact) mass is 266 g/mol. The standard InChI is InChI=1S/2C9H7N.Li.H/c2*1-2-6-9-8(4-1)5-3-7-10-9;;/h2*1-7H;;/q;;+1;-1. The van der Waals surface area contributed by atoms with E-state index < -0.39 is 0 Å². The molecule has 2 nitrogen and oxygen atoms in total. The zero-order chi connectivity index (χ0) is 13.6. The first-order chi connectivity index (χ1) is 9.93. The van der Waals surface area contributed by atoms with Gasteiger partial charge in [-0.1, -0.05) is 48.5 Å². The van der Waals surface area contributed by atoms with Crippen molar-refractivity contribution in [1.82, 2.24) is 9.97 Å². The van der Waals surface area contributed by atoms with Crippen molar-refractivity contribution >= 4 is 21.8 Å². The summed E-state index contributed by atoms with van der Waals surface area (Å²) < 4.78 is 0. The van der Waals surface area contributed by atoms with E-state index in [0.29, 0.717) is 0 Å². The minimum Gasteiger partial charge on any atom is -1.00 e. The number of hydrogen-bond acceptors (Lipinski definition) is 2. The average Bonchev–Trinajstić information content (AvgIpc) is 2.56. The maximum atomic E-state index is 4.18. The second kappa shape index (κ2) is 7.59. The molecule has 4 rings (SSSR count). The topological polar surface area (TPSA) is 25.8 Å². The number of benzene rings is 2. The Balaban J connectivity index is 0.000000202. The van der Waals surface area contributed by atoms with E-state index in [1.54, 1.807) is 0 Å². The molecule has 0 saturated carbocycles. The Morgan fingerprint density at radius 1 is 0.524 bits per heavy atom. The number of aromatic nitrogens is 2. The number of pyridine rings is 2. The molecule has 98 valence electrons. The van der Waals surface area contributed by atoms with Crippen LogP contribution in [0.25, 0.3) is 21.8 Å². The van der Waals surface area contributed by atoms with E-state index in [-0.39, 0.29) is 20.3 Å². The molecule has 21 heavy (non-hydrogen) atoms. The zero-order valence-electron chi connectivity index (χ0n) is 13.0. The number of para-hydroxylation sites is 2. The van der Waals surface area contributed by atoms with Crippen LogP contribution in [0.15, 0.2) is 85.2 Å². The molecule has 0 aliphatic carbocycles. The molecule has 0 radical (unpaired) electrons. The van der Waals surface area contributed by atoms with Crippen molar-refractivity contribution < 1.29 is 20.3 Å². The van der Waals surface area contributed by atoms with Gasteiger partial charge in [0.1, 0.15) is 0 Å². The first-order valence-corrected chi connectivity index (χ1v) is 6.53. The van der Waals surface area contributed by atoms with Crippen LogP contribution < -0.4 is 18.9 Å². The fraction of sp³-hybridized carbons (Fsp3) is 0. The normalized spacial score (nSPS) is 9.52. The molecular formula is C18H15LiN2. The molecule has 0 N–H and O–H groups in total. The molecule has 0 amide bonds. The third-order valence-corrected chi connectivity index (χ3v) is 3.02. The summed E-state index contributed by atoms with van der Waals surface area (Å²) in [7, 11) is 0. The van der Waals surface area contributed by atoms with Crippen molar-refractivity contribution in [3.05, 3.63) is 85.2 Å². The fourth-order valence-corrected chi connectivity index (χ4v) is 2.03. The number of nitrogens with zero attached hydrogens (tertiary/aromatic N) is 2. The van der Waals surface area contributed by atoms with Crippen molar-refractivity contribution in [2.75, 3.05) is 0 Å². The summed E-state index contributed by atoms with van der Waals surface area (Å²) in [6, 6.07) is 24.2.